The van der Waals surface area contributed by atoms with Gasteiger partial charge in [0.25, 0.3) is 0 Å². The Morgan fingerprint density at radius 1 is 1.20 bits per heavy atom. The Bertz CT molecular complexity index is 574. The highest BCUT2D eigenvalue weighted by molar-refractivity contribution is 9.10. The number of rotatable bonds is 6. The number of benzene rings is 2. The Hall–Kier alpha value is -1.39. The van der Waals surface area contributed by atoms with Crippen molar-refractivity contribution in [2.75, 3.05) is 6.54 Å². The van der Waals surface area contributed by atoms with Crippen molar-refractivity contribution < 1.29 is 9.13 Å². The molecule has 0 saturated carbocycles. The first-order valence-electron chi connectivity index (χ1n) is 6.55. The molecule has 0 amide bonds. The van der Waals surface area contributed by atoms with E-state index < -0.39 is 0 Å². The Morgan fingerprint density at radius 3 is 2.80 bits per heavy atom. The normalized spacial score (nSPS) is 10.6. The van der Waals surface area contributed by atoms with Crippen LogP contribution in [-0.2, 0) is 13.2 Å². The monoisotopic (exact) mass is 337 g/mol. The molecule has 0 heterocycles. The van der Waals surface area contributed by atoms with E-state index >= 15 is 0 Å². The highest BCUT2D eigenvalue weighted by Crippen LogP contribution is 2.24. The van der Waals surface area contributed by atoms with Crippen LogP contribution in [0.15, 0.2) is 46.9 Å². The van der Waals surface area contributed by atoms with Crippen LogP contribution in [0.1, 0.15) is 18.1 Å². The molecule has 2 aromatic carbocycles. The van der Waals surface area contributed by atoms with Crippen LogP contribution in [0.4, 0.5) is 4.39 Å². The van der Waals surface area contributed by atoms with Crippen molar-refractivity contribution in [2.24, 2.45) is 0 Å². The van der Waals surface area contributed by atoms with Crippen LogP contribution in [0.5, 0.6) is 5.75 Å². The standard InChI is InChI=1S/C16H17BrFNO/c1-2-19-10-13-9-14(17)6-7-16(13)20-11-12-4-3-5-15(18)8-12/h3-9,19H,2,10-11H2,1H3. The molecule has 0 fully saturated rings. The first-order valence-corrected chi connectivity index (χ1v) is 7.34. The summed E-state index contributed by atoms with van der Waals surface area (Å²) in [5.41, 5.74) is 1.90. The van der Waals surface area contributed by atoms with Crippen LogP contribution in [0.2, 0.25) is 0 Å². The van der Waals surface area contributed by atoms with Crippen molar-refractivity contribution in [3.05, 3.63) is 63.9 Å². The summed E-state index contributed by atoms with van der Waals surface area (Å²) >= 11 is 3.46. The number of hydrogen-bond acceptors (Lipinski definition) is 2. The van der Waals surface area contributed by atoms with Gasteiger partial charge in [-0.25, -0.2) is 4.39 Å². The van der Waals surface area contributed by atoms with Gasteiger partial charge in [0.15, 0.2) is 0 Å². The van der Waals surface area contributed by atoms with Gasteiger partial charge in [-0.05, 0) is 42.4 Å². The Kier molecular flexibility index (Phi) is 5.56. The maximum Gasteiger partial charge on any atom is 0.124 e. The average Bonchev–Trinajstić information content (AvgIpc) is 2.44. The second-order valence-corrected chi connectivity index (χ2v) is 5.37. The van der Waals surface area contributed by atoms with Crippen molar-refractivity contribution in [3.63, 3.8) is 0 Å². The summed E-state index contributed by atoms with van der Waals surface area (Å²) in [6.45, 7) is 4.06. The smallest absolute Gasteiger partial charge is 0.124 e. The molecule has 0 spiro atoms. The minimum absolute atomic E-state index is 0.241. The minimum atomic E-state index is -0.241. The topological polar surface area (TPSA) is 21.3 Å². The summed E-state index contributed by atoms with van der Waals surface area (Å²) in [4.78, 5) is 0. The molecular weight excluding hydrogens is 321 g/mol. The maximum absolute atomic E-state index is 13.1. The summed E-state index contributed by atoms with van der Waals surface area (Å²) < 4.78 is 19.9. The fourth-order valence-corrected chi connectivity index (χ4v) is 2.28. The van der Waals surface area contributed by atoms with E-state index in [4.69, 9.17) is 4.74 Å². The summed E-state index contributed by atoms with van der Waals surface area (Å²) in [5.74, 6) is 0.577. The summed E-state index contributed by atoms with van der Waals surface area (Å²) in [6, 6.07) is 12.4. The Balaban J connectivity index is 2.08. The molecular formula is C16H17BrFNO. The van der Waals surface area contributed by atoms with Gasteiger partial charge in [-0.15, -0.1) is 0 Å². The van der Waals surface area contributed by atoms with Crippen molar-refractivity contribution in [1.29, 1.82) is 0 Å². The van der Waals surface area contributed by atoms with Gasteiger partial charge in [0, 0.05) is 16.6 Å². The van der Waals surface area contributed by atoms with Gasteiger partial charge in [0.2, 0.25) is 0 Å². The molecule has 0 atom stereocenters. The van der Waals surface area contributed by atoms with Gasteiger partial charge in [0.1, 0.15) is 18.2 Å². The summed E-state index contributed by atoms with van der Waals surface area (Å²) in [6.07, 6.45) is 0. The molecule has 0 radical (unpaired) electrons. The van der Waals surface area contributed by atoms with Crippen molar-refractivity contribution in [2.45, 2.75) is 20.1 Å². The van der Waals surface area contributed by atoms with Crippen LogP contribution in [-0.4, -0.2) is 6.54 Å². The minimum Gasteiger partial charge on any atom is -0.489 e. The zero-order valence-electron chi connectivity index (χ0n) is 11.3. The van der Waals surface area contributed by atoms with E-state index in [9.17, 15) is 4.39 Å². The molecule has 0 saturated heterocycles. The molecule has 0 aromatic heterocycles. The van der Waals surface area contributed by atoms with Crippen LogP contribution in [0, 0.1) is 5.82 Å². The zero-order chi connectivity index (χ0) is 14.4. The maximum atomic E-state index is 13.1. The summed E-state index contributed by atoms with van der Waals surface area (Å²) in [5, 5.41) is 3.28. The molecule has 20 heavy (non-hydrogen) atoms. The molecule has 1 N–H and O–H groups in total. The Labute approximate surface area is 127 Å². The van der Waals surface area contributed by atoms with Crippen molar-refractivity contribution in [1.82, 2.24) is 5.32 Å². The molecule has 2 aromatic rings. The number of nitrogens with one attached hydrogen (secondary N) is 1. The van der Waals surface area contributed by atoms with E-state index in [2.05, 4.69) is 28.2 Å². The average molecular weight is 338 g/mol. The van der Waals surface area contributed by atoms with E-state index in [1.54, 1.807) is 6.07 Å². The van der Waals surface area contributed by atoms with E-state index in [1.807, 2.05) is 24.3 Å². The third-order valence-electron chi connectivity index (χ3n) is 2.87. The molecule has 0 aliphatic rings. The van der Waals surface area contributed by atoms with E-state index in [-0.39, 0.29) is 5.82 Å². The highest BCUT2D eigenvalue weighted by atomic mass is 79.9. The van der Waals surface area contributed by atoms with Gasteiger partial charge in [0.05, 0.1) is 0 Å². The molecule has 4 heteroatoms. The van der Waals surface area contributed by atoms with Crippen LogP contribution < -0.4 is 10.1 Å². The van der Waals surface area contributed by atoms with Crippen molar-refractivity contribution in [3.8, 4) is 5.75 Å². The first-order chi connectivity index (χ1) is 9.69. The third-order valence-corrected chi connectivity index (χ3v) is 3.36. The quantitative estimate of drug-likeness (QED) is 0.849. The second kappa shape index (κ2) is 7.41. The van der Waals surface area contributed by atoms with E-state index in [0.29, 0.717) is 6.61 Å². The van der Waals surface area contributed by atoms with E-state index in [0.717, 1.165) is 34.4 Å². The molecule has 2 nitrogen and oxygen atoms in total. The molecule has 106 valence electrons. The zero-order valence-corrected chi connectivity index (χ0v) is 12.9. The third kappa shape index (κ3) is 4.32. The fourth-order valence-electron chi connectivity index (χ4n) is 1.87. The predicted molar refractivity (Wildman–Crippen MR) is 82.3 cm³/mol. The first kappa shape index (κ1) is 15.0. The number of hydrogen-bond donors (Lipinski definition) is 1. The second-order valence-electron chi connectivity index (χ2n) is 4.45. The number of halogens is 2. The van der Waals surface area contributed by atoms with Gasteiger partial charge in [-0.3, -0.25) is 0 Å². The lowest BCUT2D eigenvalue weighted by molar-refractivity contribution is 0.301. The fraction of sp³-hybridized carbons (Fsp3) is 0.250. The number of ether oxygens (including phenoxy) is 1. The largest absolute Gasteiger partial charge is 0.489 e. The van der Waals surface area contributed by atoms with Gasteiger partial charge >= 0.3 is 0 Å². The molecule has 0 unspecified atom stereocenters. The lowest BCUT2D eigenvalue weighted by Gasteiger charge is -2.12. The van der Waals surface area contributed by atoms with Gasteiger partial charge in [-0.1, -0.05) is 35.0 Å². The molecule has 0 bridgehead atoms. The molecule has 0 aliphatic heterocycles. The molecule has 2 rings (SSSR count). The van der Waals surface area contributed by atoms with Crippen LogP contribution >= 0.6 is 15.9 Å². The lowest BCUT2D eigenvalue weighted by Crippen LogP contribution is -2.13. The molecule has 0 aliphatic carbocycles. The highest BCUT2D eigenvalue weighted by Gasteiger charge is 2.05. The van der Waals surface area contributed by atoms with Gasteiger partial charge < -0.3 is 10.1 Å². The lowest BCUT2D eigenvalue weighted by atomic mass is 10.2. The van der Waals surface area contributed by atoms with Crippen molar-refractivity contribution >= 4 is 15.9 Å². The van der Waals surface area contributed by atoms with E-state index in [1.165, 1.54) is 12.1 Å². The van der Waals surface area contributed by atoms with Crippen LogP contribution in [0.25, 0.3) is 0 Å². The predicted octanol–water partition coefficient (Wildman–Crippen LogP) is 4.28. The SMILES string of the molecule is CCNCc1cc(Br)ccc1OCc1cccc(F)c1. The Morgan fingerprint density at radius 2 is 2.05 bits per heavy atom. The summed E-state index contributed by atoms with van der Waals surface area (Å²) in [7, 11) is 0. The van der Waals surface area contributed by atoms with Crippen LogP contribution in [0.3, 0.4) is 0 Å². The van der Waals surface area contributed by atoms with Gasteiger partial charge in [-0.2, -0.15) is 0 Å².